The van der Waals surface area contributed by atoms with E-state index in [1.165, 1.54) is 130 Å². The second kappa shape index (κ2) is 20.3. The van der Waals surface area contributed by atoms with Crippen molar-refractivity contribution >= 4 is 106 Å². The fourth-order valence-corrected chi connectivity index (χ4v) is 23.8. The van der Waals surface area contributed by atoms with E-state index in [1.54, 1.807) is 22.7 Å². The molecule has 6 heterocycles. The van der Waals surface area contributed by atoms with E-state index in [-0.39, 0.29) is 0 Å². The molecule has 0 N–H and O–H groups in total. The highest BCUT2D eigenvalue weighted by Gasteiger charge is 2.56. The molecule has 4 nitrogen and oxygen atoms in total. The molecule has 0 atom stereocenters. The average molecular weight is 1230 g/mol. The molecule has 0 saturated heterocycles. The first-order valence-corrected chi connectivity index (χ1v) is 35.4. The lowest BCUT2D eigenvalue weighted by atomic mass is 9.89. The van der Waals surface area contributed by atoms with Crippen molar-refractivity contribution in [2.45, 2.75) is 0 Å². The van der Waals surface area contributed by atoms with Gasteiger partial charge in [0, 0.05) is 44.8 Å². The maximum atomic E-state index is 5.46. The summed E-state index contributed by atoms with van der Waals surface area (Å²) < 4.78 is 2.36. The van der Waals surface area contributed by atoms with Crippen LogP contribution in [-0.2, 0) is 0 Å². The molecule has 0 bridgehead atoms. The number of hydrogen-bond donors (Lipinski definition) is 0. The van der Waals surface area contributed by atoms with Gasteiger partial charge in [-0.25, -0.2) is 9.97 Å². The molecule has 0 aliphatic carbocycles. The van der Waals surface area contributed by atoms with Crippen LogP contribution in [0.15, 0.2) is 315 Å². The first kappa shape index (κ1) is 52.4. The first-order chi connectivity index (χ1) is 46.2. The van der Waals surface area contributed by atoms with Crippen LogP contribution in [0, 0.1) is 0 Å². The fraction of sp³-hybridized carbons (Fsp3) is 0. The van der Waals surface area contributed by atoms with Gasteiger partial charge in [-0.05, 0) is 160 Å². The Balaban J connectivity index is 0.826. The monoisotopic (exact) mass is 1230 g/mol. The number of para-hydroxylation sites is 6. The van der Waals surface area contributed by atoms with E-state index in [0.29, 0.717) is 0 Å². The number of rotatable bonds is 6. The smallest absolute Gasteiger partial charge is 0.182 e. The van der Waals surface area contributed by atoms with Crippen LogP contribution in [0.2, 0.25) is 0 Å². The van der Waals surface area contributed by atoms with Crippen LogP contribution in [0.25, 0.3) is 131 Å². The molecule has 14 aromatic carbocycles. The normalized spacial score (nSPS) is 13.2. The van der Waals surface area contributed by atoms with Crippen LogP contribution in [-0.4, -0.2) is 18.0 Å². The van der Waals surface area contributed by atoms with Crippen LogP contribution in [0.3, 0.4) is 0 Å². The van der Waals surface area contributed by atoms with Gasteiger partial charge in [-0.15, -0.1) is 22.7 Å². The Hall–Kier alpha value is -11.3. The Bertz CT molecular complexity index is 5250. The van der Waals surface area contributed by atoms with Gasteiger partial charge in [-0.1, -0.05) is 243 Å². The molecular weight excluding hydrogens is 1180 g/mol. The van der Waals surface area contributed by atoms with E-state index < -0.39 is 8.07 Å². The summed E-state index contributed by atoms with van der Waals surface area (Å²) in [6, 6.07) is 118. The Labute approximate surface area is 547 Å². The van der Waals surface area contributed by atoms with Gasteiger partial charge in [0.15, 0.2) is 8.07 Å². The Morgan fingerprint density at radius 3 is 0.828 bits per heavy atom. The Morgan fingerprint density at radius 1 is 0.226 bits per heavy atom. The molecule has 1 spiro atoms. The van der Waals surface area contributed by atoms with Crippen molar-refractivity contribution in [1.82, 2.24) is 9.97 Å². The summed E-state index contributed by atoms with van der Waals surface area (Å²) in [6.07, 6.45) is 0. The second-order valence-electron chi connectivity index (χ2n) is 24.6. The van der Waals surface area contributed by atoms with E-state index in [9.17, 15) is 0 Å². The van der Waals surface area contributed by atoms with E-state index in [2.05, 4.69) is 325 Å². The minimum atomic E-state index is -3.26. The highest BCUT2D eigenvalue weighted by molar-refractivity contribution is 7.25. The van der Waals surface area contributed by atoms with Gasteiger partial charge in [0.25, 0.3) is 0 Å². The maximum Gasteiger partial charge on any atom is 0.182 e. The molecule has 0 radical (unpaired) electrons. The predicted octanol–water partition coefficient (Wildman–Crippen LogP) is 21.1. The van der Waals surface area contributed by atoms with Crippen molar-refractivity contribution in [2.75, 3.05) is 9.80 Å². The van der Waals surface area contributed by atoms with Gasteiger partial charge in [-0.3, -0.25) is 0 Å². The SMILES string of the molecule is c1ccc2c(c1)-c1ccccc1N(c1ccc(-c3cccc4c3-c3c(-c5ccc(N6c7ccccc7-c7ccccc7-c7ccccc76)cc5)cccc3[Si]43c4cccc(-c5nc6ccccc6s5)c4-c4c(-c5nc6ccccc6s5)cccc43)cc1)c1ccccc1-2. The van der Waals surface area contributed by atoms with Crippen LogP contribution in [0.4, 0.5) is 34.1 Å². The third kappa shape index (κ3) is 7.58. The third-order valence-corrected chi connectivity index (χ3v) is 26.9. The molecule has 16 aromatic rings. The van der Waals surface area contributed by atoms with Gasteiger partial charge in [0.1, 0.15) is 10.0 Å². The number of fused-ring (bicyclic) bond motifs is 22. The minimum Gasteiger partial charge on any atom is -0.309 e. The molecule has 0 fully saturated rings. The van der Waals surface area contributed by atoms with Crippen molar-refractivity contribution in [3.8, 4) is 110 Å². The predicted molar refractivity (Wildman–Crippen MR) is 394 cm³/mol. The highest BCUT2D eigenvalue weighted by atomic mass is 32.1. The quantitative estimate of drug-likeness (QED) is 0.155. The molecule has 4 aliphatic rings. The molecule has 20 rings (SSSR count). The summed E-state index contributed by atoms with van der Waals surface area (Å²) in [4.78, 5) is 15.8. The van der Waals surface area contributed by atoms with Crippen LogP contribution in [0.5, 0.6) is 0 Å². The molecule has 7 heteroatoms. The summed E-state index contributed by atoms with van der Waals surface area (Å²) in [5, 5.41) is 7.64. The molecule has 0 amide bonds. The molecular formula is C86H52N4S2Si. The van der Waals surface area contributed by atoms with E-state index in [0.717, 1.165) is 55.2 Å². The molecule has 93 heavy (non-hydrogen) atoms. The van der Waals surface area contributed by atoms with Gasteiger partial charge in [0.05, 0.1) is 43.2 Å². The lowest BCUT2D eigenvalue weighted by molar-refractivity contribution is 1.29. The van der Waals surface area contributed by atoms with E-state index in [4.69, 9.17) is 9.97 Å². The van der Waals surface area contributed by atoms with Crippen LogP contribution in [0.1, 0.15) is 0 Å². The van der Waals surface area contributed by atoms with Crippen molar-refractivity contribution in [3.05, 3.63) is 315 Å². The van der Waals surface area contributed by atoms with Gasteiger partial charge >= 0.3 is 0 Å². The standard InChI is InChI=1S/C86H52N4S2Si/c1-2-22-60-59(21-1)63-25-5-11-35-71(63)89(72-36-12-6-26-64(60)72)55-49-45-53(46-50-55)57-29-17-41-77-81(57)82-58(54-47-51-56(52-48-54)90-73-37-13-7-27-65(73)61-23-3-4-24-62(61)66-28-8-14-38-74(66)90)30-18-42-78(82)93(77)79-43-19-31-67(85-87-69-33-9-15-39-75(69)91-85)83(79)84-68(32-20-44-80(84)93)86-88-70-34-10-16-40-76(70)92-86/h1-52H. The van der Waals surface area contributed by atoms with Crippen LogP contribution >= 0.6 is 22.7 Å². The summed E-state index contributed by atoms with van der Waals surface area (Å²) >= 11 is 3.57. The molecule has 0 saturated carbocycles. The van der Waals surface area contributed by atoms with E-state index in [1.807, 2.05) is 0 Å². The van der Waals surface area contributed by atoms with Gasteiger partial charge < -0.3 is 9.80 Å². The Kier molecular flexibility index (Phi) is 11.5. The van der Waals surface area contributed by atoms with Crippen molar-refractivity contribution in [1.29, 1.82) is 0 Å². The highest BCUT2D eigenvalue weighted by Crippen LogP contribution is 2.55. The van der Waals surface area contributed by atoms with E-state index >= 15 is 0 Å². The number of hydrogen-bond acceptors (Lipinski definition) is 6. The number of thiazole rings is 2. The summed E-state index contributed by atoms with van der Waals surface area (Å²) in [5.41, 5.74) is 30.9. The fourth-order valence-electron chi connectivity index (χ4n) is 16.1. The molecule has 432 valence electrons. The number of nitrogens with zero attached hydrogens (tertiary/aromatic N) is 4. The number of aromatic nitrogens is 2. The first-order valence-electron chi connectivity index (χ1n) is 31.8. The lowest BCUT2D eigenvalue weighted by Crippen LogP contribution is -2.70. The van der Waals surface area contributed by atoms with Crippen LogP contribution < -0.4 is 30.5 Å². The Morgan fingerprint density at radius 2 is 0.495 bits per heavy atom. The zero-order valence-corrected chi connectivity index (χ0v) is 52.8. The van der Waals surface area contributed by atoms with Crippen molar-refractivity contribution < 1.29 is 0 Å². The van der Waals surface area contributed by atoms with Crippen molar-refractivity contribution in [2.24, 2.45) is 0 Å². The maximum absolute atomic E-state index is 5.46. The van der Waals surface area contributed by atoms with Gasteiger partial charge in [0.2, 0.25) is 0 Å². The second-order valence-corrected chi connectivity index (χ2v) is 30.3. The number of anilines is 6. The summed E-state index contributed by atoms with van der Waals surface area (Å²) in [6.45, 7) is 0. The topological polar surface area (TPSA) is 32.3 Å². The molecule has 2 aromatic heterocycles. The van der Waals surface area contributed by atoms with Gasteiger partial charge in [-0.2, -0.15) is 0 Å². The third-order valence-electron chi connectivity index (χ3n) is 19.9. The summed E-state index contributed by atoms with van der Waals surface area (Å²) in [7, 11) is -3.26. The molecule has 0 unspecified atom stereocenters. The lowest BCUT2D eigenvalue weighted by Gasteiger charge is -2.28. The summed E-state index contributed by atoms with van der Waals surface area (Å²) in [5.74, 6) is 0. The average Bonchev–Trinajstić information content (AvgIpc) is 1.50. The largest absolute Gasteiger partial charge is 0.309 e. The minimum absolute atomic E-state index is 1.02. The number of benzene rings is 14. The zero-order valence-electron chi connectivity index (χ0n) is 50.1. The molecule has 4 aliphatic heterocycles. The zero-order chi connectivity index (χ0) is 60.9. The van der Waals surface area contributed by atoms with Crippen molar-refractivity contribution in [3.63, 3.8) is 0 Å².